The molecule has 1 saturated carbocycles. The molecule has 5 nitrogen and oxygen atoms in total. The fourth-order valence-corrected chi connectivity index (χ4v) is 3.74. The van der Waals surface area contributed by atoms with Gasteiger partial charge in [-0.2, -0.15) is 0 Å². The van der Waals surface area contributed by atoms with Crippen molar-refractivity contribution < 1.29 is 4.79 Å². The molecule has 0 spiro atoms. The molecule has 0 radical (unpaired) electrons. The first-order valence-corrected chi connectivity index (χ1v) is 9.42. The van der Waals surface area contributed by atoms with E-state index in [-0.39, 0.29) is 29.9 Å². The maximum Gasteiger partial charge on any atom is 0.220 e. The number of piperidine rings is 1. The zero-order valence-electron chi connectivity index (χ0n) is 15.8. The Hall–Kier alpha value is -1.31. The Kier molecular flexibility index (Phi) is 8.18. The number of nitrogens with one attached hydrogen (secondary N) is 2. The summed E-state index contributed by atoms with van der Waals surface area (Å²) in [5.74, 6) is 2.40. The highest BCUT2D eigenvalue weighted by molar-refractivity contribution is 14.0. The number of halogens is 1. The molecule has 1 aliphatic carbocycles. The molecule has 6 heteroatoms. The number of carbonyl (C=O) groups is 1. The number of hydrogen-bond donors (Lipinski definition) is 2. The third-order valence-electron chi connectivity index (χ3n) is 5.46. The maximum atomic E-state index is 11.5. The van der Waals surface area contributed by atoms with Crippen LogP contribution in [0.1, 0.15) is 31.2 Å². The van der Waals surface area contributed by atoms with Crippen molar-refractivity contribution in [3.8, 4) is 0 Å². The van der Waals surface area contributed by atoms with Crippen molar-refractivity contribution in [1.82, 2.24) is 15.5 Å². The molecule has 2 aliphatic rings. The Balaban J connectivity index is 0.00000243. The van der Waals surface area contributed by atoms with Crippen LogP contribution < -0.4 is 10.6 Å². The summed E-state index contributed by atoms with van der Waals surface area (Å²) in [6.07, 6.45) is 5.14. The molecule has 0 bridgehead atoms. The van der Waals surface area contributed by atoms with Crippen molar-refractivity contribution in [2.45, 2.75) is 38.1 Å². The van der Waals surface area contributed by atoms with Crippen LogP contribution in [0.15, 0.2) is 35.3 Å². The molecule has 1 saturated heterocycles. The first-order valence-electron chi connectivity index (χ1n) is 9.42. The molecule has 2 fully saturated rings. The molecular weight excluding hydrogens is 439 g/mol. The summed E-state index contributed by atoms with van der Waals surface area (Å²) in [5, 5.41) is 6.37. The van der Waals surface area contributed by atoms with E-state index in [0.717, 1.165) is 38.3 Å². The van der Waals surface area contributed by atoms with Crippen LogP contribution >= 0.6 is 24.0 Å². The van der Waals surface area contributed by atoms with Crippen molar-refractivity contribution in [1.29, 1.82) is 0 Å². The van der Waals surface area contributed by atoms with Crippen LogP contribution in [0.2, 0.25) is 0 Å². The molecule has 2 N–H and O–H groups in total. The van der Waals surface area contributed by atoms with Crippen LogP contribution in [-0.2, 0) is 11.2 Å². The van der Waals surface area contributed by atoms with E-state index in [9.17, 15) is 4.79 Å². The summed E-state index contributed by atoms with van der Waals surface area (Å²) in [6, 6.07) is 11.3. The number of amides is 1. The van der Waals surface area contributed by atoms with Gasteiger partial charge >= 0.3 is 0 Å². The molecule has 1 aromatic rings. The number of nitrogens with zero attached hydrogens (tertiary/aromatic N) is 2. The number of hydrogen-bond acceptors (Lipinski definition) is 2. The van der Waals surface area contributed by atoms with Gasteiger partial charge in [0, 0.05) is 39.6 Å². The van der Waals surface area contributed by atoms with Crippen LogP contribution in [0, 0.1) is 11.8 Å². The van der Waals surface area contributed by atoms with E-state index in [1.165, 1.54) is 12.0 Å². The lowest BCUT2D eigenvalue weighted by Gasteiger charge is -2.34. The smallest absolute Gasteiger partial charge is 0.220 e. The molecule has 144 valence electrons. The van der Waals surface area contributed by atoms with Crippen LogP contribution in [0.3, 0.4) is 0 Å². The van der Waals surface area contributed by atoms with Gasteiger partial charge in [0.1, 0.15) is 0 Å². The summed E-state index contributed by atoms with van der Waals surface area (Å²) in [7, 11) is 3.58. The molecule has 2 unspecified atom stereocenters. The van der Waals surface area contributed by atoms with Gasteiger partial charge in [0.25, 0.3) is 0 Å². The van der Waals surface area contributed by atoms with Crippen LogP contribution in [0.25, 0.3) is 0 Å². The highest BCUT2D eigenvalue weighted by Crippen LogP contribution is 2.34. The third kappa shape index (κ3) is 5.86. The molecule has 1 aliphatic heterocycles. The van der Waals surface area contributed by atoms with E-state index in [0.29, 0.717) is 24.3 Å². The van der Waals surface area contributed by atoms with E-state index < -0.39 is 0 Å². The second-order valence-electron chi connectivity index (χ2n) is 7.29. The minimum Gasteiger partial charge on any atom is -0.359 e. The molecule has 2 atom stereocenters. The third-order valence-corrected chi connectivity index (χ3v) is 5.46. The largest absolute Gasteiger partial charge is 0.359 e. The summed E-state index contributed by atoms with van der Waals surface area (Å²) >= 11 is 0. The van der Waals surface area contributed by atoms with Crippen LogP contribution in [-0.4, -0.2) is 50.0 Å². The van der Waals surface area contributed by atoms with Crippen molar-refractivity contribution >= 4 is 35.8 Å². The minimum atomic E-state index is 0. The lowest BCUT2D eigenvalue weighted by Crippen LogP contribution is -2.47. The quantitative estimate of drug-likeness (QED) is 0.395. The van der Waals surface area contributed by atoms with Gasteiger partial charge in [0.2, 0.25) is 5.91 Å². The predicted octanol–water partition coefficient (Wildman–Crippen LogP) is 2.66. The van der Waals surface area contributed by atoms with Crippen molar-refractivity contribution in [2.75, 3.05) is 27.2 Å². The normalized spacial score (nSPS) is 23.2. The fraction of sp³-hybridized carbons (Fsp3) is 0.600. The second kappa shape index (κ2) is 10.1. The number of likely N-dealkylation sites (tertiary alicyclic amines) is 1. The Labute approximate surface area is 174 Å². The van der Waals surface area contributed by atoms with Crippen LogP contribution in [0.5, 0.6) is 0 Å². The molecular formula is C20H31IN4O. The highest BCUT2D eigenvalue weighted by Gasteiger charge is 2.38. The fourth-order valence-electron chi connectivity index (χ4n) is 3.74. The molecule has 0 aromatic heterocycles. The Morgan fingerprint density at radius 1 is 1.23 bits per heavy atom. The van der Waals surface area contributed by atoms with Crippen molar-refractivity contribution in [3.63, 3.8) is 0 Å². The van der Waals surface area contributed by atoms with Gasteiger partial charge in [-0.1, -0.05) is 30.3 Å². The zero-order valence-corrected chi connectivity index (χ0v) is 18.1. The first kappa shape index (κ1) is 21.0. The molecule has 1 amide bonds. The minimum absolute atomic E-state index is 0. The lowest BCUT2D eigenvalue weighted by atomic mass is 9.93. The number of guanidine groups is 1. The Morgan fingerprint density at radius 2 is 1.92 bits per heavy atom. The summed E-state index contributed by atoms with van der Waals surface area (Å²) < 4.78 is 0. The predicted molar refractivity (Wildman–Crippen MR) is 117 cm³/mol. The molecule has 1 heterocycles. The SMILES string of the molecule is CN=C(NC1CC1Cc1ccccc1)N1CCC(CC(=O)NC)CC1.I. The molecule has 3 rings (SSSR count). The summed E-state index contributed by atoms with van der Waals surface area (Å²) in [6.45, 7) is 1.97. The standard InChI is InChI=1S/C20H30N4O.HI/c1-21-19(25)13-16-8-10-24(11-9-16)20(22-2)23-18-14-17(18)12-15-6-4-3-5-7-15;/h3-7,16-18H,8-14H2,1-2H3,(H,21,25)(H,22,23);1H. The number of benzene rings is 1. The van der Waals surface area contributed by atoms with Gasteiger partial charge in [0.05, 0.1) is 0 Å². The topological polar surface area (TPSA) is 56.7 Å². The number of rotatable bonds is 5. The Morgan fingerprint density at radius 3 is 2.54 bits per heavy atom. The monoisotopic (exact) mass is 470 g/mol. The zero-order chi connectivity index (χ0) is 17.6. The van der Waals surface area contributed by atoms with Gasteiger partial charge in [-0.3, -0.25) is 9.79 Å². The van der Waals surface area contributed by atoms with Crippen LogP contribution in [0.4, 0.5) is 0 Å². The van der Waals surface area contributed by atoms with E-state index in [2.05, 4.69) is 50.9 Å². The number of aliphatic imine (C=N–C) groups is 1. The van der Waals surface area contributed by atoms with Crippen molar-refractivity contribution in [3.05, 3.63) is 35.9 Å². The van der Waals surface area contributed by atoms with E-state index in [1.807, 2.05) is 7.05 Å². The lowest BCUT2D eigenvalue weighted by molar-refractivity contribution is -0.121. The van der Waals surface area contributed by atoms with E-state index >= 15 is 0 Å². The van der Waals surface area contributed by atoms with Gasteiger partial charge < -0.3 is 15.5 Å². The Bertz CT molecular complexity index is 599. The molecule has 1 aromatic carbocycles. The van der Waals surface area contributed by atoms with E-state index in [1.54, 1.807) is 7.05 Å². The summed E-state index contributed by atoms with van der Waals surface area (Å²) in [4.78, 5) is 18.4. The van der Waals surface area contributed by atoms with E-state index in [4.69, 9.17) is 0 Å². The van der Waals surface area contributed by atoms with Gasteiger partial charge in [-0.15, -0.1) is 24.0 Å². The highest BCUT2D eigenvalue weighted by atomic mass is 127. The number of carbonyl (C=O) groups excluding carboxylic acids is 1. The second-order valence-corrected chi connectivity index (χ2v) is 7.29. The van der Waals surface area contributed by atoms with Crippen molar-refractivity contribution in [2.24, 2.45) is 16.8 Å². The average molecular weight is 470 g/mol. The summed E-state index contributed by atoms with van der Waals surface area (Å²) in [5.41, 5.74) is 1.42. The average Bonchev–Trinajstić information content (AvgIpc) is 3.38. The van der Waals surface area contributed by atoms with Gasteiger partial charge in [-0.25, -0.2) is 0 Å². The molecule has 26 heavy (non-hydrogen) atoms. The maximum absolute atomic E-state index is 11.5. The van der Waals surface area contributed by atoms with Gasteiger partial charge in [-0.05, 0) is 43.1 Å². The van der Waals surface area contributed by atoms with Gasteiger partial charge in [0.15, 0.2) is 5.96 Å². The first-order chi connectivity index (χ1) is 12.2.